The molecule has 1 saturated heterocycles. The maximum absolute atomic E-state index is 5.18. The first kappa shape index (κ1) is 7.65. The number of hydrogen-bond donors (Lipinski definition) is 0. The van der Waals surface area contributed by atoms with Crippen molar-refractivity contribution in [2.24, 2.45) is 5.41 Å². The molecule has 0 spiro atoms. The van der Waals surface area contributed by atoms with Crippen molar-refractivity contribution in [3.8, 4) is 12.2 Å². The van der Waals surface area contributed by atoms with Crippen LogP contribution in [0.5, 0.6) is 0 Å². The van der Waals surface area contributed by atoms with Crippen LogP contribution in [0.15, 0.2) is 0 Å². The van der Waals surface area contributed by atoms with E-state index >= 15 is 0 Å². The Hall–Kier alpha value is -0.455. The fraction of sp³-hybridized carbons (Fsp3) is 0.714. The van der Waals surface area contributed by atoms with Crippen molar-refractivity contribution in [1.82, 2.24) is 0 Å². The molecule has 0 bridgehead atoms. The molecule has 0 aromatic heterocycles. The minimum atomic E-state index is -0.423. The van der Waals surface area contributed by atoms with Crippen LogP contribution < -0.4 is 0 Å². The van der Waals surface area contributed by atoms with Crippen LogP contribution in [-0.2, 0) is 9.31 Å². The standard InChI is InChI=1S/C7H11BO2/c1-4-8-9-5-7(2,3)6-10-8/h1H,5-6H2,2-3H3. The molecule has 0 atom stereocenters. The summed E-state index contributed by atoms with van der Waals surface area (Å²) in [6, 6.07) is 0. The Kier molecular flexibility index (Phi) is 2.03. The van der Waals surface area contributed by atoms with Crippen LogP contribution in [0.4, 0.5) is 0 Å². The molecule has 0 amide bonds. The molecule has 0 radical (unpaired) electrons. The molecule has 0 N–H and O–H groups in total. The van der Waals surface area contributed by atoms with Crippen LogP contribution in [0.1, 0.15) is 13.8 Å². The van der Waals surface area contributed by atoms with Crippen LogP contribution in [0.3, 0.4) is 0 Å². The molecule has 10 heavy (non-hydrogen) atoms. The molecule has 0 aromatic carbocycles. The highest BCUT2D eigenvalue weighted by Gasteiger charge is 2.30. The van der Waals surface area contributed by atoms with E-state index in [2.05, 4.69) is 19.7 Å². The maximum Gasteiger partial charge on any atom is 0.549 e. The summed E-state index contributed by atoms with van der Waals surface area (Å²) in [5.41, 5.74) is 0.118. The molecule has 3 heteroatoms. The molecule has 1 aliphatic rings. The Morgan fingerprint density at radius 1 is 1.40 bits per heavy atom. The van der Waals surface area contributed by atoms with Gasteiger partial charge < -0.3 is 9.31 Å². The topological polar surface area (TPSA) is 18.5 Å². The Morgan fingerprint density at radius 3 is 2.30 bits per heavy atom. The van der Waals surface area contributed by atoms with E-state index in [1.807, 2.05) is 0 Å². The van der Waals surface area contributed by atoms with Crippen molar-refractivity contribution in [2.75, 3.05) is 13.2 Å². The van der Waals surface area contributed by atoms with Crippen LogP contribution in [0.25, 0.3) is 0 Å². The quantitative estimate of drug-likeness (QED) is 0.362. The molecule has 54 valence electrons. The van der Waals surface area contributed by atoms with Gasteiger partial charge in [-0.15, -0.1) is 6.42 Å². The molecule has 1 heterocycles. The lowest BCUT2D eigenvalue weighted by molar-refractivity contribution is 0.0348. The zero-order valence-corrected chi connectivity index (χ0v) is 6.39. The lowest BCUT2D eigenvalue weighted by atomic mass is 9.85. The zero-order chi connectivity index (χ0) is 7.61. The molecule has 1 aliphatic heterocycles. The largest absolute Gasteiger partial charge is 0.549 e. The lowest BCUT2D eigenvalue weighted by Crippen LogP contribution is -2.39. The smallest absolute Gasteiger partial charge is 0.400 e. The third kappa shape index (κ3) is 1.76. The van der Waals surface area contributed by atoms with Gasteiger partial charge in [-0.3, -0.25) is 0 Å². The normalized spacial score (nSPS) is 23.9. The van der Waals surface area contributed by atoms with Gasteiger partial charge in [0.2, 0.25) is 0 Å². The monoisotopic (exact) mass is 138 g/mol. The van der Waals surface area contributed by atoms with E-state index in [4.69, 9.17) is 15.7 Å². The highest BCUT2D eigenvalue weighted by atomic mass is 16.6. The van der Waals surface area contributed by atoms with E-state index in [1.54, 1.807) is 0 Å². The fourth-order valence-electron chi connectivity index (χ4n) is 0.789. The highest BCUT2D eigenvalue weighted by molar-refractivity contribution is 6.54. The second-order valence-corrected chi connectivity index (χ2v) is 3.28. The van der Waals surface area contributed by atoms with Gasteiger partial charge in [-0.1, -0.05) is 19.7 Å². The summed E-state index contributed by atoms with van der Waals surface area (Å²) in [7, 11) is -0.423. The Labute approximate surface area is 62.0 Å². The molecule has 0 aromatic rings. The molecular weight excluding hydrogens is 127 g/mol. The van der Waals surface area contributed by atoms with E-state index in [0.717, 1.165) is 0 Å². The van der Waals surface area contributed by atoms with E-state index < -0.39 is 7.12 Å². The molecule has 1 fully saturated rings. The Bertz CT molecular complexity index is 149. The average molecular weight is 138 g/mol. The molecular formula is C7H11BO2. The summed E-state index contributed by atoms with van der Waals surface area (Å²) < 4.78 is 10.4. The summed E-state index contributed by atoms with van der Waals surface area (Å²) in [5, 5.41) is 0. The zero-order valence-electron chi connectivity index (χ0n) is 6.39. The fourth-order valence-corrected chi connectivity index (χ4v) is 0.789. The van der Waals surface area contributed by atoms with Crippen LogP contribution in [-0.4, -0.2) is 20.3 Å². The van der Waals surface area contributed by atoms with Crippen LogP contribution in [0.2, 0.25) is 0 Å². The van der Waals surface area contributed by atoms with Crippen molar-refractivity contribution >= 4 is 7.12 Å². The number of rotatable bonds is 0. The first-order valence-corrected chi connectivity index (χ1v) is 3.33. The van der Waals surface area contributed by atoms with Gasteiger partial charge >= 0.3 is 7.12 Å². The third-order valence-corrected chi connectivity index (χ3v) is 1.39. The van der Waals surface area contributed by atoms with Gasteiger partial charge in [0.15, 0.2) is 0 Å². The summed E-state index contributed by atoms with van der Waals surface area (Å²) >= 11 is 0. The molecule has 1 rings (SSSR count). The minimum Gasteiger partial charge on any atom is -0.400 e. The van der Waals surface area contributed by atoms with Crippen molar-refractivity contribution in [1.29, 1.82) is 0 Å². The first-order valence-electron chi connectivity index (χ1n) is 3.33. The Morgan fingerprint density at radius 2 is 1.90 bits per heavy atom. The van der Waals surface area contributed by atoms with Gasteiger partial charge in [0.1, 0.15) is 0 Å². The SMILES string of the molecule is C#CB1OCC(C)(C)CO1. The van der Waals surface area contributed by atoms with Crippen LogP contribution >= 0.6 is 0 Å². The number of terminal acetylenes is 1. The predicted molar refractivity (Wildman–Crippen MR) is 40.3 cm³/mol. The summed E-state index contributed by atoms with van der Waals surface area (Å²) in [5.74, 6) is 2.40. The van der Waals surface area contributed by atoms with Gasteiger partial charge in [-0.05, 0) is 0 Å². The highest BCUT2D eigenvalue weighted by Crippen LogP contribution is 2.20. The molecule has 0 saturated carbocycles. The van der Waals surface area contributed by atoms with Gasteiger partial charge in [0.25, 0.3) is 0 Å². The summed E-state index contributed by atoms with van der Waals surface area (Å²) in [4.78, 5) is 0. The van der Waals surface area contributed by atoms with E-state index in [0.29, 0.717) is 13.2 Å². The van der Waals surface area contributed by atoms with Crippen molar-refractivity contribution in [3.63, 3.8) is 0 Å². The molecule has 0 unspecified atom stereocenters. The molecule has 2 nitrogen and oxygen atoms in total. The van der Waals surface area contributed by atoms with Crippen molar-refractivity contribution < 1.29 is 9.31 Å². The minimum absolute atomic E-state index is 0.118. The first-order chi connectivity index (χ1) is 4.64. The van der Waals surface area contributed by atoms with Gasteiger partial charge in [0, 0.05) is 18.6 Å². The van der Waals surface area contributed by atoms with E-state index in [9.17, 15) is 0 Å². The third-order valence-electron chi connectivity index (χ3n) is 1.39. The second kappa shape index (κ2) is 2.65. The number of hydrogen-bond acceptors (Lipinski definition) is 2. The average Bonchev–Trinajstić information content (AvgIpc) is 1.88. The maximum atomic E-state index is 5.18. The van der Waals surface area contributed by atoms with E-state index in [1.165, 1.54) is 0 Å². The van der Waals surface area contributed by atoms with Gasteiger partial charge in [0.05, 0.1) is 0 Å². The van der Waals surface area contributed by atoms with Gasteiger partial charge in [-0.25, -0.2) is 0 Å². The summed E-state index contributed by atoms with van der Waals surface area (Å²) in [6.07, 6.45) is 5.09. The second-order valence-electron chi connectivity index (χ2n) is 3.28. The van der Waals surface area contributed by atoms with Crippen LogP contribution in [0, 0.1) is 17.7 Å². The lowest BCUT2D eigenvalue weighted by Gasteiger charge is -2.30. The summed E-state index contributed by atoms with van der Waals surface area (Å²) in [6.45, 7) is 5.53. The molecule has 0 aliphatic carbocycles. The van der Waals surface area contributed by atoms with E-state index in [-0.39, 0.29) is 5.41 Å². The van der Waals surface area contributed by atoms with Crippen molar-refractivity contribution in [3.05, 3.63) is 0 Å². The van der Waals surface area contributed by atoms with Gasteiger partial charge in [-0.2, -0.15) is 0 Å². The Balaban J connectivity index is 2.40. The van der Waals surface area contributed by atoms with Crippen molar-refractivity contribution in [2.45, 2.75) is 13.8 Å². The predicted octanol–water partition coefficient (Wildman–Crippen LogP) is 0.720.